The van der Waals surface area contributed by atoms with Gasteiger partial charge in [0.05, 0.1) is 6.61 Å². The first-order valence-electron chi connectivity index (χ1n) is 7.35. The molecule has 1 aromatic rings. The SMILES string of the molecule is CNCc1c(C)cc(C)nc1N(CCOC)CC(C)C. The molecule has 0 unspecified atom stereocenters. The van der Waals surface area contributed by atoms with Gasteiger partial charge in [-0.25, -0.2) is 4.98 Å². The number of anilines is 1. The first kappa shape index (κ1) is 16.9. The molecule has 0 aliphatic rings. The molecule has 0 aliphatic carbocycles. The average Bonchev–Trinajstić information content (AvgIpc) is 2.37. The second-order valence-electron chi connectivity index (χ2n) is 5.75. The number of pyridine rings is 1. The highest BCUT2D eigenvalue weighted by molar-refractivity contribution is 5.51. The smallest absolute Gasteiger partial charge is 0.133 e. The Balaban J connectivity index is 3.14. The van der Waals surface area contributed by atoms with Crippen molar-refractivity contribution in [1.29, 1.82) is 0 Å². The Labute approximate surface area is 123 Å². The molecule has 0 atom stereocenters. The molecule has 1 heterocycles. The van der Waals surface area contributed by atoms with Gasteiger partial charge in [0.25, 0.3) is 0 Å². The molecule has 1 N–H and O–H groups in total. The van der Waals surface area contributed by atoms with Crippen LogP contribution in [0.4, 0.5) is 5.82 Å². The van der Waals surface area contributed by atoms with Crippen molar-refractivity contribution < 1.29 is 4.74 Å². The van der Waals surface area contributed by atoms with Crippen LogP contribution in [0.5, 0.6) is 0 Å². The minimum absolute atomic E-state index is 0.594. The van der Waals surface area contributed by atoms with Crippen molar-refractivity contribution in [3.8, 4) is 0 Å². The van der Waals surface area contributed by atoms with Crippen molar-refractivity contribution in [2.75, 3.05) is 38.8 Å². The summed E-state index contributed by atoms with van der Waals surface area (Å²) in [4.78, 5) is 7.14. The van der Waals surface area contributed by atoms with Crippen molar-refractivity contribution in [3.05, 3.63) is 22.9 Å². The lowest BCUT2D eigenvalue weighted by Gasteiger charge is -2.28. The second-order valence-corrected chi connectivity index (χ2v) is 5.75. The molecule has 0 fully saturated rings. The summed E-state index contributed by atoms with van der Waals surface area (Å²) in [5.74, 6) is 1.69. The Morgan fingerprint density at radius 1 is 1.35 bits per heavy atom. The molecule has 0 aliphatic heterocycles. The molecule has 0 saturated heterocycles. The summed E-state index contributed by atoms with van der Waals surface area (Å²) in [6.45, 7) is 12.1. The molecule has 0 radical (unpaired) electrons. The van der Waals surface area contributed by atoms with E-state index in [2.05, 4.69) is 44.0 Å². The maximum atomic E-state index is 5.25. The van der Waals surface area contributed by atoms with Gasteiger partial charge in [-0.05, 0) is 38.4 Å². The number of nitrogens with zero attached hydrogens (tertiary/aromatic N) is 2. The van der Waals surface area contributed by atoms with Crippen LogP contribution in [0.3, 0.4) is 0 Å². The molecule has 20 heavy (non-hydrogen) atoms. The van der Waals surface area contributed by atoms with Crippen molar-refractivity contribution in [3.63, 3.8) is 0 Å². The number of hydrogen-bond acceptors (Lipinski definition) is 4. The van der Waals surface area contributed by atoms with Gasteiger partial charge in [-0.15, -0.1) is 0 Å². The summed E-state index contributed by atoms with van der Waals surface area (Å²) in [7, 11) is 3.72. The van der Waals surface area contributed by atoms with Gasteiger partial charge in [0, 0.05) is 38.0 Å². The largest absolute Gasteiger partial charge is 0.383 e. The molecule has 1 rings (SSSR count). The Kier molecular flexibility index (Phi) is 6.96. The summed E-state index contributed by atoms with van der Waals surface area (Å²) in [5.41, 5.74) is 3.66. The monoisotopic (exact) mass is 279 g/mol. The highest BCUT2D eigenvalue weighted by Gasteiger charge is 2.16. The molecule has 1 aromatic heterocycles. The van der Waals surface area contributed by atoms with E-state index in [1.165, 1.54) is 11.1 Å². The van der Waals surface area contributed by atoms with Gasteiger partial charge in [-0.2, -0.15) is 0 Å². The minimum atomic E-state index is 0.594. The number of methoxy groups -OCH3 is 1. The van der Waals surface area contributed by atoms with E-state index in [0.717, 1.165) is 37.8 Å². The highest BCUT2D eigenvalue weighted by Crippen LogP contribution is 2.23. The van der Waals surface area contributed by atoms with Gasteiger partial charge in [0.15, 0.2) is 0 Å². The van der Waals surface area contributed by atoms with Crippen LogP contribution in [-0.4, -0.2) is 38.8 Å². The predicted octanol–water partition coefficient (Wildman–Crippen LogP) is 2.53. The van der Waals surface area contributed by atoms with E-state index in [4.69, 9.17) is 9.72 Å². The summed E-state index contributed by atoms with van der Waals surface area (Å²) in [5, 5.41) is 3.25. The van der Waals surface area contributed by atoms with E-state index in [9.17, 15) is 0 Å². The lowest BCUT2D eigenvalue weighted by Crippen LogP contribution is -2.33. The van der Waals surface area contributed by atoms with Gasteiger partial charge in [0.2, 0.25) is 0 Å². The maximum absolute atomic E-state index is 5.25. The Morgan fingerprint density at radius 3 is 2.60 bits per heavy atom. The summed E-state index contributed by atoms with van der Waals surface area (Å²) in [6, 6.07) is 2.15. The summed E-state index contributed by atoms with van der Waals surface area (Å²) in [6.07, 6.45) is 0. The number of nitrogens with one attached hydrogen (secondary N) is 1. The molecule has 0 amide bonds. The fraction of sp³-hybridized carbons (Fsp3) is 0.688. The number of aromatic nitrogens is 1. The first-order chi connectivity index (χ1) is 9.49. The van der Waals surface area contributed by atoms with Crippen LogP contribution in [0.1, 0.15) is 30.7 Å². The van der Waals surface area contributed by atoms with Crippen molar-refractivity contribution in [2.45, 2.75) is 34.2 Å². The average molecular weight is 279 g/mol. The second kappa shape index (κ2) is 8.22. The van der Waals surface area contributed by atoms with Gasteiger partial charge in [-0.1, -0.05) is 13.8 Å². The van der Waals surface area contributed by atoms with E-state index in [-0.39, 0.29) is 0 Å². The van der Waals surface area contributed by atoms with Crippen LogP contribution in [-0.2, 0) is 11.3 Å². The quantitative estimate of drug-likeness (QED) is 0.793. The third-order valence-corrected chi connectivity index (χ3v) is 3.26. The van der Waals surface area contributed by atoms with Crippen molar-refractivity contribution >= 4 is 5.82 Å². The Bertz CT molecular complexity index is 418. The zero-order chi connectivity index (χ0) is 15.1. The fourth-order valence-electron chi connectivity index (χ4n) is 2.43. The van der Waals surface area contributed by atoms with Crippen LogP contribution in [0, 0.1) is 19.8 Å². The third-order valence-electron chi connectivity index (χ3n) is 3.26. The molecule has 0 spiro atoms. The Hall–Kier alpha value is -1.13. The minimum Gasteiger partial charge on any atom is -0.383 e. The molecule has 114 valence electrons. The topological polar surface area (TPSA) is 37.4 Å². The third kappa shape index (κ3) is 4.76. The highest BCUT2D eigenvalue weighted by atomic mass is 16.5. The molecule has 0 saturated carbocycles. The van der Waals surface area contributed by atoms with E-state index >= 15 is 0 Å². The zero-order valence-corrected chi connectivity index (χ0v) is 13.8. The maximum Gasteiger partial charge on any atom is 0.133 e. The van der Waals surface area contributed by atoms with Crippen LogP contribution in [0.2, 0.25) is 0 Å². The van der Waals surface area contributed by atoms with Gasteiger partial charge >= 0.3 is 0 Å². The van der Waals surface area contributed by atoms with E-state index in [1.54, 1.807) is 7.11 Å². The summed E-state index contributed by atoms with van der Waals surface area (Å²) < 4.78 is 5.25. The zero-order valence-electron chi connectivity index (χ0n) is 13.8. The van der Waals surface area contributed by atoms with Gasteiger partial charge in [0.1, 0.15) is 5.82 Å². The number of ether oxygens (including phenoxy) is 1. The van der Waals surface area contributed by atoms with E-state index in [1.807, 2.05) is 7.05 Å². The van der Waals surface area contributed by atoms with Gasteiger partial charge < -0.3 is 15.0 Å². The van der Waals surface area contributed by atoms with Crippen LogP contribution in [0.25, 0.3) is 0 Å². The van der Waals surface area contributed by atoms with Crippen molar-refractivity contribution in [2.24, 2.45) is 5.92 Å². The lowest BCUT2D eigenvalue weighted by atomic mass is 10.1. The van der Waals surface area contributed by atoms with E-state index < -0.39 is 0 Å². The molecule has 0 bridgehead atoms. The van der Waals surface area contributed by atoms with E-state index in [0.29, 0.717) is 5.92 Å². The van der Waals surface area contributed by atoms with Crippen LogP contribution >= 0.6 is 0 Å². The van der Waals surface area contributed by atoms with Gasteiger partial charge in [-0.3, -0.25) is 0 Å². The predicted molar refractivity (Wildman–Crippen MR) is 85.4 cm³/mol. The Morgan fingerprint density at radius 2 is 2.05 bits per heavy atom. The van der Waals surface area contributed by atoms with Crippen LogP contribution in [0.15, 0.2) is 6.07 Å². The first-order valence-corrected chi connectivity index (χ1v) is 7.35. The standard InChI is InChI=1S/C16H29N3O/c1-12(2)11-19(7-8-20-6)16-15(10-17-5)13(3)9-14(4)18-16/h9,12,17H,7-8,10-11H2,1-6H3. The number of rotatable bonds is 8. The van der Waals surface area contributed by atoms with Crippen molar-refractivity contribution in [1.82, 2.24) is 10.3 Å². The number of hydrogen-bond donors (Lipinski definition) is 1. The number of aryl methyl sites for hydroxylation is 2. The normalized spacial score (nSPS) is 11.2. The van der Waals surface area contributed by atoms with Crippen LogP contribution < -0.4 is 10.2 Å². The molecular weight excluding hydrogens is 250 g/mol. The molecule has 4 nitrogen and oxygen atoms in total. The summed E-state index contributed by atoms with van der Waals surface area (Å²) >= 11 is 0. The molecule has 4 heteroatoms. The lowest BCUT2D eigenvalue weighted by molar-refractivity contribution is 0.204. The molecule has 0 aromatic carbocycles. The molecular formula is C16H29N3O. The fourth-order valence-corrected chi connectivity index (χ4v) is 2.43.